The molecular formula is C14H10F2N2O3. The van der Waals surface area contributed by atoms with E-state index in [0.29, 0.717) is 11.3 Å². The number of hydrogen-bond acceptors (Lipinski definition) is 3. The lowest BCUT2D eigenvalue weighted by molar-refractivity contribution is -0.387. The topological polar surface area (TPSA) is 72.2 Å². The third-order valence-electron chi connectivity index (χ3n) is 2.84. The lowest BCUT2D eigenvalue weighted by Crippen LogP contribution is -2.13. The molecule has 2 aromatic rings. The van der Waals surface area contributed by atoms with E-state index in [9.17, 15) is 23.7 Å². The lowest BCUT2D eigenvalue weighted by atomic mass is 10.1. The molecule has 0 fully saturated rings. The van der Waals surface area contributed by atoms with Gasteiger partial charge in [0.1, 0.15) is 5.82 Å². The Hall–Kier alpha value is -2.83. The van der Waals surface area contributed by atoms with E-state index in [4.69, 9.17) is 0 Å². The number of nitrogens with one attached hydrogen (secondary N) is 1. The molecule has 1 N–H and O–H groups in total. The summed E-state index contributed by atoms with van der Waals surface area (Å²) in [4.78, 5) is 21.6. The first-order valence-electron chi connectivity index (χ1n) is 5.90. The van der Waals surface area contributed by atoms with Gasteiger partial charge in [0, 0.05) is 17.3 Å². The predicted molar refractivity (Wildman–Crippen MR) is 72.1 cm³/mol. The molecule has 7 heteroatoms. The summed E-state index contributed by atoms with van der Waals surface area (Å²) in [5, 5.41) is 13.0. The van der Waals surface area contributed by atoms with Gasteiger partial charge < -0.3 is 5.32 Å². The number of hydrogen-bond donors (Lipinski definition) is 1. The van der Waals surface area contributed by atoms with Gasteiger partial charge in [-0.25, -0.2) is 4.39 Å². The first-order chi connectivity index (χ1) is 9.88. The Morgan fingerprint density at radius 2 is 1.90 bits per heavy atom. The third kappa shape index (κ3) is 3.19. The van der Waals surface area contributed by atoms with Crippen LogP contribution < -0.4 is 5.32 Å². The van der Waals surface area contributed by atoms with Gasteiger partial charge in [-0.1, -0.05) is 0 Å². The molecule has 0 spiro atoms. The SMILES string of the molecule is Cc1cc(F)ccc1NC(=O)c1ccc([N+](=O)[O-])c(F)c1. The second kappa shape index (κ2) is 5.66. The molecule has 0 heterocycles. The summed E-state index contributed by atoms with van der Waals surface area (Å²) in [6.07, 6.45) is 0. The second-order valence-corrected chi connectivity index (χ2v) is 4.34. The summed E-state index contributed by atoms with van der Waals surface area (Å²) in [6.45, 7) is 1.61. The Kier molecular flexibility index (Phi) is 3.93. The van der Waals surface area contributed by atoms with Crippen molar-refractivity contribution in [3.63, 3.8) is 0 Å². The zero-order valence-corrected chi connectivity index (χ0v) is 10.9. The normalized spacial score (nSPS) is 10.2. The average molecular weight is 292 g/mol. The average Bonchev–Trinajstić information content (AvgIpc) is 2.41. The van der Waals surface area contributed by atoms with Crippen LogP contribution in [-0.4, -0.2) is 10.8 Å². The van der Waals surface area contributed by atoms with Crippen LogP contribution in [-0.2, 0) is 0 Å². The van der Waals surface area contributed by atoms with Gasteiger partial charge in [0.25, 0.3) is 5.91 Å². The highest BCUT2D eigenvalue weighted by molar-refractivity contribution is 6.04. The van der Waals surface area contributed by atoms with Crippen LogP contribution in [0.15, 0.2) is 36.4 Å². The van der Waals surface area contributed by atoms with Crippen LogP contribution in [0.1, 0.15) is 15.9 Å². The summed E-state index contributed by atoms with van der Waals surface area (Å²) >= 11 is 0. The zero-order chi connectivity index (χ0) is 15.6. The van der Waals surface area contributed by atoms with Crippen molar-refractivity contribution < 1.29 is 18.5 Å². The van der Waals surface area contributed by atoms with Gasteiger partial charge >= 0.3 is 5.69 Å². The van der Waals surface area contributed by atoms with Crippen molar-refractivity contribution in [2.45, 2.75) is 6.92 Å². The van der Waals surface area contributed by atoms with Crippen molar-refractivity contribution in [1.29, 1.82) is 0 Å². The molecule has 0 unspecified atom stereocenters. The largest absolute Gasteiger partial charge is 0.322 e. The number of amides is 1. The molecule has 0 saturated heterocycles. The Bertz CT molecular complexity index is 732. The number of anilines is 1. The van der Waals surface area contributed by atoms with E-state index < -0.39 is 28.2 Å². The number of halogens is 2. The van der Waals surface area contributed by atoms with Crippen LogP contribution in [0.3, 0.4) is 0 Å². The quantitative estimate of drug-likeness (QED) is 0.695. The van der Waals surface area contributed by atoms with E-state index in [1.54, 1.807) is 6.92 Å². The number of nitrogens with zero attached hydrogens (tertiary/aromatic N) is 1. The van der Waals surface area contributed by atoms with Gasteiger partial charge in [-0.2, -0.15) is 4.39 Å². The molecule has 5 nitrogen and oxygen atoms in total. The maximum atomic E-state index is 13.5. The van der Waals surface area contributed by atoms with Crippen molar-refractivity contribution in [2.24, 2.45) is 0 Å². The molecule has 0 aromatic heterocycles. The Morgan fingerprint density at radius 3 is 2.48 bits per heavy atom. The van der Waals surface area contributed by atoms with Crippen LogP contribution in [0.5, 0.6) is 0 Å². The first-order valence-corrected chi connectivity index (χ1v) is 5.90. The van der Waals surface area contributed by atoms with Gasteiger partial charge in [-0.15, -0.1) is 0 Å². The lowest BCUT2D eigenvalue weighted by Gasteiger charge is -2.08. The number of aryl methyl sites for hydroxylation is 1. The Labute approximate surface area is 118 Å². The van der Waals surface area contributed by atoms with Crippen LogP contribution in [0.2, 0.25) is 0 Å². The maximum absolute atomic E-state index is 13.5. The Morgan fingerprint density at radius 1 is 1.19 bits per heavy atom. The summed E-state index contributed by atoms with van der Waals surface area (Å²) in [5.41, 5.74) is 0.109. The molecular weight excluding hydrogens is 282 g/mol. The highest BCUT2D eigenvalue weighted by Gasteiger charge is 2.17. The van der Waals surface area contributed by atoms with E-state index in [1.165, 1.54) is 18.2 Å². The van der Waals surface area contributed by atoms with E-state index in [1.807, 2.05) is 0 Å². The van der Waals surface area contributed by atoms with Crippen LogP contribution in [0, 0.1) is 28.7 Å². The molecule has 0 saturated carbocycles. The van der Waals surface area contributed by atoms with Gasteiger partial charge in [0.15, 0.2) is 0 Å². The molecule has 21 heavy (non-hydrogen) atoms. The molecule has 0 bridgehead atoms. The van der Waals surface area contributed by atoms with Crippen molar-refractivity contribution in [3.05, 3.63) is 69.3 Å². The highest BCUT2D eigenvalue weighted by atomic mass is 19.1. The summed E-state index contributed by atoms with van der Waals surface area (Å²) < 4.78 is 26.4. The predicted octanol–water partition coefficient (Wildman–Crippen LogP) is 3.43. The van der Waals surface area contributed by atoms with E-state index in [-0.39, 0.29) is 5.56 Å². The van der Waals surface area contributed by atoms with E-state index >= 15 is 0 Å². The first kappa shape index (κ1) is 14.6. The highest BCUT2D eigenvalue weighted by Crippen LogP contribution is 2.20. The molecule has 0 aliphatic heterocycles. The maximum Gasteiger partial charge on any atom is 0.304 e. The molecule has 0 aliphatic rings. The molecule has 2 aromatic carbocycles. The fraction of sp³-hybridized carbons (Fsp3) is 0.0714. The number of carbonyl (C=O) groups is 1. The fourth-order valence-corrected chi connectivity index (χ4v) is 1.76. The summed E-state index contributed by atoms with van der Waals surface area (Å²) in [7, 11) is 0. The standard InChI is InChI=1S/C14H10F2N2O3/c1-8-6-10(15)3-4-12(8)17-14(19)9-2-5-13(18(20)21)11(16)7-9/h2-7H,1H3,(H,17,19). The van der Waals surface area contributed by atoms with Crippen molar-refractivity contribution in [2.75, 3.05) is 5.32 Å². The number of nitro benzene ring substituents is 1. The summed E-state index contributed by atoms with van der Waals surface area (Å²) in [5.74, 6) is -2.17. The minimum atomic E-state index is -1.09. The molecule has 1 amide bonds. The van der Waals surface area contributed by atoms with Crippen LogP contribution in [0.4, 0.5) is 20.2 Å². The van der Waals surface area contributed by atoms with Gasteiger partial charge in [-0.05, 0) is 42.8 Å². The minimum absolute atomic E-state index is 0.0678. The van der Waals surface area contributed by atoms with Crippen LogP contribution >= 0.6 is 0 Å². The fourth-order valence-electron chi connectivity index (χ4n) is 1.76. The Balaban J connectivity index is 2.24. The van der Waals surface area contributed by atoms with Gasteiger partial charge in [0.2, 0.25) is 5.82 Å². The van der Waals surface area contributed by atoms with Crippen molar-refractivity contribution >= 4 is 17.3 Å². The van der Waals surface area contributed by atoms with Crippen molar-refractivity contribution in [3.8, 4) is 0 Å². The number of rotatable bonds is 3. The number of benzene rings is 2. The monoisotopic (exact) mass is 292 g/mol. The molecule has 0 aliphatic carbocycles. The second-order valence-electron chi connectivity index (χ2n) is 4.34. The van der Waals surface area contributed by atoms with Gasteiger partial charge in [-0.3, -0.25) is 14.9 Å². The number of nitro groups is 1. The third-order valence-corrected chi connectivity index (χ3v) is 2.84. The van der Waals surface area contributed by atoms with E-state index in [2.05, 4.69) is 5.32 Å². The molecule has 0 radical (unpaired) electrons. The summed E-state index contributed by atoms with van der Waals surface area (Å²) in [6, 6.07) is 6.65. The molecule has 2 rings (SSSR count). The molecule has 0 atom stereocenters. The number of carbonyl (C=O) groups excluding carboxylic acids is 1. The smallest absolute Gasteiger partial charge is 0.304 e. The minimum Gasteiger partial charge on any atom is -0.322 e. The molecule has 108 valence electrons. The van der Waals surface area contributed by atoms with Crippen molar-refractivity contribution in [1.82, 2.24) is 0 Å². The van der Waals surface area contributed by atoms with Crippen LogP contribution in [0.25, 0.3) is 0 Å². The zero-order valence-electron chi connectivity index (χ0n) is 10.9. The van der Waals surface area contributed by atoms with E-state index in [0.717, 1.165) is 18.2 Å². The van der Waals surface area contributed by atoms with Gasteiger partial charge in [0.05, 0.1) is 4.92 Å².